The van der Waals surface area contributed by atoms with Crippen LogP contribution in [0.4, 0.5) is 5.69 Å². The van der Waals surface area contributed by atoms with Gasteiger partial charge in [-0.2, -0.15) is 5.26 Å². The lowest BCUT2D eigenvalue weighted by molar-refractivity contribution is 0.340. The third-order valence-corrected chi connectivity index (χ3v) is 2.89. The summed E-state index contributed by atoms with van der Waals surface area (Å²) in [5, 5.41) is 11.9. The van der Waals surface area contributed by atoms with Gasteiger partial charge < -0.3 is 14.8 Å². The summed E-state index contributed by atoms with van der Waals surface area (Å²) in [6.45, 7) is 3.28. The molecule has 0 saturated heterocycles. The van der Waals surface area contributed by atoms with E-state index in [1.54, 1.807) is 0 Å². The minimum absolute atomic E-state index is 0.0524. The van der Waals surface area contributed by atoms with Gasteiger partial charge >= 0.3 is 0 Å². The molecule has 0 amide bonds. The lowest BCUT2D eigenvalue weighted by Crippen LogP contribution is -2.03. The van der Waals surface area contributed by atoms with E-state index in [9.17, 15) is 0 Å². The van der Waals surface area contributed by atoms with E-state index in [0.717, 1.165) is 22.7 Å². The normalized spacial score (nSPS) is 9.71. The molecule has 0 aliphatic carbocycles. The lowest BCUT2D eigenvalue weighted by Gasteiger charge is -2.12. The molecule has 0 radical (unpaired) electrons. The molecule has 0 spiro atoms. The zero-order valence-corrected chi connectivity index (χ0v) is 12.0. The third kappa shape index (κ3) is 4.43. The fourth-order valence-corrected chi connectivity index (χ4v) is 1.96. The minimum atomic E-state index is 0.0524. The molecule has 4 heteroatoms. The molecule has 2 rings (SSSR count). The van der Waals surface area contributed by atoms with Gasteiger partial charge in [0.15, 0.2) is 6.61 Å². The fourth-order valence-electron chi connectivity index (χ4n) is 1.96. The molecule has 108 valence electrons. The van der Waals surface area contributed by atoms with Gasteiger partial charge in [-0.15, -0.1) is 0 Å². The van der Waals surface area contributed by atoms with Gasteiger partial charge in [-0.25, -0.2) is 0 Å². The highest BCUT2D eigenvalue weighted by Crippen LogP contribution is 2.21. The van der Waals surface area contributed by atoms with Crippen molar-refractivity contribution >= 4 is 5.69 Å². The number of hydrogen-bond donors (Lipinski definition) is 1. The second-order valence-electron chi connectivity index (χ2n) is 4.37. The van der Waals surface area contributed by atoms with Crippen LogP contribution in [0.15, 0.2) is 48.5 Å². The van der Waals surface area contributed by atoms with Crippen molar-refractivity contribution in [2.75, 3.05) is 18.5 Å². The lowest BCUT2D eigenvalue weighted by atomic mass is 10.2. The van der Waals surface area contributed by atoms with Crippen LogP contribution in [0, 0.1) is 11.3 Å². The number of hydrogen-bond acceptors (Lipinski definition) is 4. The van der Waals surface area contributed by atoms with Crippen LogP contribution in [-0.2, 0) is 6.54 Å². The Labute approximate surface area is 124 Å². The van der Waals surface area contributed by atoms with Crippen LogP contribution >= 0.6 is 0 Å². The number of nitrogens with zero attached hydrogens (tertiary/aromatic N) is 1. The van der Waals surface area contributed by atoms with Crippen molar-refractivity contribution in [1.29, 1.82) is 5.26 Å². The predicted octanol–water partition coefficient (Wildman–Crippen LogP) is 3.60. The van der Waals surface area contributed by atoms with Crippen LogP contribution in [0.2, 0.25) is 0 Å². The van der Waals surface area contributed by atoms with Crippen LogP contribution in [0.1, 0.15) is 12.5 Å². The molecule has 0 aromatic heterocycles. The highest BCUT2D eigenvalue weighted by molar-refractivity contribution is 5.49. The summed E-state index contributed by atoms with van der Waals surface area (Å²) in [7, 11) is 0. The molecule has 0 aliphatic rings. The first-order chi connectivity index (χ1) is 10.3. The quantitative estimate of drug-likeness (QED) is 0.843. The number of nitrogens with one attached hydrogen (secondary N) is 1. The van der Waals surface area contributed by atoms with Crippen molar-refractivity contribution in [2.45, 2.75) is 13.5 Å². The van der Waals surface area contributed by atoms with E-state index in [0.29, 0.717) is 13.2 Å². The molecule has 1 N–H and O–H groups in total. The Hall–Kier alpha value is -2.67. The summed E-state index contributed by atoms with van der Waals surface area (Å²) in [5.41, 5.74) is 1.99. The Balaban J connectivity index is 2.02. The van der Waals surface area contributed by atoms with Crippen LogP contribution in [-0.4, -0.2) is 13.2 Å². The van der Waals surface area contributed by atoms with Gasteiger partial charge in [0.1, 0.15) is 17.6 Å². The smallest absolute Gasteiger partial charge is 0.174 e. The second kappa shape index (κ2) is 7.81. The first-order valence-electron chi connectivity index (χ1n) is 6.88. The number of nitriles is 1. The van der Waals surface area contributed by atoms with Gasteiger partial charge in [0.05, 0.1) is 6.61 Å². The molecule has 0 aliphatic heterocycles. The first kappa shape index (κ1) is 14.7. The molecular weight excluding hydrogens is 264 g/mol. The Morgan fingerprint density at radius 3 is 2.76 bits per heavy atom. The van der Waals surface area contributed by atoms with Gasteiger partial charge in [0.2, 0.25) is 0 Å². The second-order valence-corrected chi connectivity index (χ2v) is 4.37. The van der Waals surface area contributed by atoms with E-state index >= 15 is 0 Å². The van der Waals surface area contributed by atoms with E-state index in [-0.39, 0.29) is 6.61 Å². The van der Waals surface area contributed by atoms with Crippen molar-refractivity contribution in [3.05, 3.63) is 54.1 Å². The number of benzene rings is 2. The fraction of sp³-hybridized carbons (Fsp3) is 0.235. The molecule has 2 aromatic rings. The Morgan fingerprint density at radius 1 is 1.10 bits per heavy atom. The number of para-hydroxylation sites is 1. The molecule has 0 fully saturated rings. The summed E-state index contributed by atoms with van der Waals surface area (Å²) >= 11 is 0. The van der Waals surface area contributed by atoms with Crippen molar-refractivity contribution in [3.63, 3.8) is 0 Å². The zero-order chi connectivity index (χ0) is 14.9. The van der Waals surface area contributed by atoms with E-state index < -0.39 is 0 Å². The molecule has 0 atom stereocenters. The summed E-state index contributed by atoms with van der Waals surface area (Å²) in [6, 6.07) is 17.5. The van der Waals surface area contributed by atoms with Gasteiger partial charge in [0.25, 0.3) is 0 Å². The van der Waals surface area contributed by atoms with Gasteiger partial charge in [-0.3, -0.25) is 0 Å². The highest BCUT2D eigenvalue weighted by atomic mass is 16.5. The van der Waals surface area contributed by atoms with Gasteiger partial charge in [0, 0.05) is 23.9 Å². The maximum Gasteiger partial charge on any atom is 0.174 e. The molecular formula is C17H18N2O2. The number of rotatable bonds is 7. The summed E-state index contributed by atoms with van der Waals surface area (Å²) in [5.74, 6) is 1.57. The third-order valence-electron chi connectivity index (χ3n) is 2.89. The number of ether oxygens (including phenoxy) is 2. The molecule has 21 heavy (non-hydrogen) atoms. The summed E-state index contributed by atoms with van der Waals surface area (Å²) < 4.78 is 10.9. The molecule has 2 aromatic carbocycles. The SMILES string of the molecule is CCOc1cccc(NCc2ccccc2OCC#N)c1. The topological polar surface area (TPSA) is 54.3 Å². The largest absolute Gasteiger partial charge is 0.494 e. The Kier molecular flexibility index (Phi) is 5.48. The van der Waals surface area contributed by atoms with Gasteiger partial charge in [-0.1, -0.05) is 24.3 Å². The molecule has 4 nitrogen and oxygen atoms in total. The number of anilines is 1. The molecule has 0 saturated carbocycles. The minimum Gasteiger partial charge on any atom is -0.494 e. The van der Waals surface area contributed by atoms with Crippen molar-refractivity contribution in [2.24, 2.45) is 0 Å². The zero-order valence-electron chi connectivity index (χ0n) is 12.0. The maximum atomic E-state index is 8.60. The molecule has 0 bridgehead atoms. The monoisotopic (exact) mass is 282 g/mol. The van der Waals surface area contributed by atoms with Crippen LogP contribution in [0.25, 0.3) is 0 Å². The van der Waals surface area contributed by atoms with Crippen molar-refractivity contribution < 1.29 is 9.47 Å². The average Bonchev–Trinajstić information content (AvgIpc) is 2.52. The maximum absolute atomic E-state index is 8.60. The van der Waals surface area contributed by atoms with Crippen molar-refractivity contribution in [1.82, 2.24) is 0 Å². The van der Waals surface area contributed by atoms with Crippen molar-refractivity contribution in [3.8, 4) is 17.6 Å². The molecule has 0 unspecified atom stereocenters. The predicted molar refractivity (Wildman–Crippen MR) is 82.5 cm³/mol. The first-order valence-corrected chi connectivity index (χ1v) is 6.88. The molecule has 0 heterocycles. The van der Waals surface area contributed by atoms with E-state index in [1.165, 1.54) is 0 Å². The van der Waals surface area contributed by atoms with E-state index in [4.69, 9.17) is 14.7 Å². The Morgan fingerprint density at radius 2 is 1.95 bits per heavy atom. The summed E-state index contributed by atoms with van der Waals surface area (Å²) in [6.07, 6.45) is 0. The highest BCUT2D eigenvalue weighted by Gasteiger charge is 2.03. The standard InChI is InChI=1S/C17H18N2O2/c1-2-20-16-8-5-7-15(12-16)19-13-14-6-3-4-9-17(14)21-11-10-18/h3-9,12,19H,2,11,13H2,1H3. The van der Waals surface area contributed by atoms with Gasteiger partial charge in [-0.05, 0) is 25.1 Å². The van der Waals surface area contributed by atoms with Crippen LogP contribution in [0.3, 0.4) is 0 Å². The average molecular weight is 282 g/mol. The van der Waals surface area contributed by atoms with E-state index in [1.807, 2.05) is 61.5 Å². The Bertz CT molecular complexity index is 620. The van der Waals surface area contributed by atoms with E-state index in [2.05, 4.69) is 5.32 Å². The summed E-state index contributed by atoms with van der Waals surface area (Å²) in [4.78, 5) is 0. The van der Waals surface area contributed by atoms with Crippen LogP contribution in [0.5, 0.6) is 11.5 Å². The van der Waals surface area contributed by atoms with Crippen LogP contribution < -0.4 is 14.8 Å².